The summed E-state index contributed by atoms with van der Waals surface area (Å²) in [7, 11) is 2.00. The number of piperidine rings is 1. The number of likely N-dealkylation sites (N-methyl/N-ethyl adjacent to an activating group) is 1. The zero-order valence-corrected chi connectivity index (χ0v) is 65.2. The number of nitrogens with one attached hydrogen (secondary N) is 7. The van der Waals surface area contributed by atoms with Crippen LogP contribution >= 0.6 is 69.3 Å². The topological polar surface area (TPSA) is 268 Å². The van der Waals surface area contributed by atoms with Gasteiger partial charge in [-0.15, -0.1) is 34.0 Å². The average molecular weight is 1550 g/mol. The first-order valence-corrected chi connectivity index (χ1v) is 42.1. The molecule has 568 valence electrons. The molecule has 3 aliphatic carbocycles. The molecule has 8 aliphatic rings. The molecule has 9 aromatic rings. The van der Waals surface area contributed by atoms with E-state index in [2.05, 4.69) is 90.5 Å². The molecular weight excluding hydrogens is 1450 g/mol. The number of amides is 3. The highest BCUT2D eigenvalue weighted by atomic mass is 32.2. The lowest BCUT2D eigenvalue weighted by atomic mass is 10.0. The summed E-state index contributed by atoms with van der Waals surface area (Å²) in [6.45, 7) is 17.0. The van der Waals surface area contributed by atoms with Crippen LogP contribution in [0.15, 0.2) is 140 Å². The largest absolute Gasteiger partial charge is 0.356 e. The molecule has 5 aliphatic heterocycles. The van der Waals surface area contributed by atoms with E-state index < -0.39 is 0 Å². The van der Waals surface area contributed by atoms with Gasteiger partial charge in [0.1, 0.15) is 34.9 Å². The Bertz CT molecular complexity index is 4510. The summed E-state index contributed by atoms with van der Waals surface area (Å²) in [5, 5.41) is 27.0. The van der Waals surface area contributed by atoms with Gasteiger partial charge in [-0.1, -0.05) is 0 Å². The second-order valence-corrected chi connectivity index (χ2v) is 35.2. The number of anilines is 12. The Morgan fingerprint density at radius 2 is 0.736 bits per heavy atom. The SMILES string of the molecule is CN[C@@H]1CCN(c2cc(Nc3ncc(C)s3)nc(Sc3ccc(NC(=O)C4CC4)cc3)n2)C1.Cc1cnc(Nc2cc(N3CCC(N4CCCC4)CC3)nc(Sc3ccc(NC(=O)C4CC4)cc3)n2)s1.Cc1cnc(Nc2cc(N3CC[C@@H](N4CCCC4)C3)nc(Sc3ccc(NC(=O)C4CC4)cc3)n2)s1.[HH].[HH].[HH].[HH].[HH].[HH].[HH]. The van der Waals surface area contributed by atoms with Crippen LogP contribution in [0.5, 0.6) is 0 Å². The number of hydrogen-bond acceptors (Lipinski definition) is 27. The van der Waals surface area contributed by atoms with Crippen molar-refractivity contribution >= 4 is 154 Å². The fourth-order valence-corrected chi connectivity index (χ4v) is 18.0. The van der Waals surface area contributed by atoms with E-state index in [9.17, 15) is 14.4 Å². The average Bonchev–Trinajstić information content (AvgIpc) is 1.28. The van der Waals surface area contributed by atoms with Crippen molar-refractivity contribution in [3.05, 3.63) is 124 Å². The van der Waals surface area contributed by atoms with E-state index in [1.807, 2.05) is 124 Å². The third kappa shape index (κ3) is 20.4. The molecule has 3 aromatic carbocycles. The molecule has 0 radical (unpaired) electrons. The van der Waals surface area contributed by atoms with E-state index in [1.165, 1.54) is 106 Å². The van der Waals surface area contributed by atoms with Crippen molar-refractivity contribution in [3.8, 4) is 0 Å². The predicted octanol–water partition coefficient (Wildman–Crippen LogP) is 16.7. The molecule has 3 saturated carbocycles. The summed E-state index contributed by atoms with van der Waals surface area (Å²) in [5.74, 6) is 6.02. The van der Waals surface area contributed by atoms with Gasteiger partial charge in [-0.2, -0.15) is 0 Å². The Balaban J connectivity index is 0.000000206. The van der Waals surface area contributed by atoms with E-state index in [1.54, 1.807) is 34.0 Å². The van der Waals surface area contributed by atoms with Crippen LogP contribution in [-0.2, 0) is 14.4 Å². The smallest absolute Gasteiger partial charge is 0.227 e. The van der Waals surface area contributed by atoms with Gasteiger partial charge in [0.2, 0.25) is 17.7 Å². The summed E-state index contributed by atoms with van der Waals surface area (Å²) in [4.78, 5) is 97.5. The van der Waals surface area contributed by atoms with Crippen LogP contribution in [0.1, 0.15) is 115 Å². The van der Waals surface area contributed by atoms with Crippen molar-refractivity contribution in [1.29, 1.82) is 0 Å². The Morgan fingerprint density at radius 3 is 1.08 bits per heavy atom. The Labute approximate surface area is 654 Å². The van der Waals surface area contributed by atoms with Gasteiger partial charge in [-0.25, -0.2) is 44.9 Å². The number of aromatic nitrogens is 9. The lowest BCUT2D eigenvalue weighted by Gasteiger charge is -2.37. The van der Waals surface area contributed by atoms with Gasteiger partial charge in [0.15, 0.2) is 30.9 Å². The van der Waals surface area contributed by atoms with Crippen molar-refractivity contribution in [3.63, 3.8) is 0 Å². The van der Waals surface area contributed by atoms with Crippen molar-refractivity contribution in [1.82, 2.24) is 60.0 Å². The zero-order valence-electron chi connectivity index (χ0n) is 60.3. The number of carbonyl (C=O) groups excluding carboxylic acids is 3. The quantitative estimate of drug-likeness (QED) is 0.0277. The second kappa shape index (κ2) is 34.4. The van der Waals surface area contributed by atoms with Crippen LogP contribution in [0.2, 0.25) is 0 Å². The fraction of sp³-hybridized carbons (Fsp3) is 0.447. The van der Waals surface area contributed by atoms with Crippen LogP contribution < -0.4 is 51.9 Å². The highest BCUT2D eigenvalue weighted by Crippen LogP contribution is 2.39. The second-order valence-electron chi connectivity index (χ2n) is 28.4. The molecule has 5 saturated heterocycles. The minimum atomic E-state index is 0. The lowest BCUT2D eigenvalue weighted by Crippen LogP contribution is -2.44. The van der Waals surface area contributed by atoms with Crippen LogP contribution in [0.25, 0.3) is 0 Å². The summed E-state index contributed by atoms with van der Waals surface area (Å²) in [6.07, 6.45) is 21.5. The number of benzene rings is 3. The van der Waals surface area contributed by atoms with Crippen molar-refractivity contribution in [2.75, 3.05) is 119 Å². The number of aryl methyl sites for hydroxylation is 3. The maximum absolute atomic E-state index is 12.1. The number of thiazole rings is 3. The molecule has 3 amide bonds. The molecule has 17 rings (SSSR count). The molecule has 24 nitrogen and oxygen atoms in total. The monoisotopic (exact) mass is 1550 g/mol. The van der Waals surface area contributed by atoms with Crippen LogP contribution in [-0.4, -0.2) is 163 Å². The molecule has 11 heterocycles. The molecule has 30 heteroatoms. The van der Waals surface area contributed by atoms with Crippen LogP contribution in [0.3, 0.4) is 0 Å². The fourth-order valence-electron chi connectivity index (χ4n) is 13.7. The number of carbonyl (C=O) groups is 3. The predicted molar refractivity (Wildman–Crippen MR) is 444 cm³/mol. The minimum absolute atomic E-state index is 0. The van der Waals surface area contributed by atoms with E-state index >= 15 is 0 Å². The maximum Gasteiger partial charge on any atom is 0.227 e. The number of likely N-dealkylation sites (tertiary alicyclic amines) is 2. The van der Waals surface area contributed by atoms with Gasteiger partial charge < -0.3 is 56.8 Å². The molecular formula is C76H105N21O3S6. The van der Waals surface area contributed by atoms with Gasteiger partial charge >= 0.3 is 0 Å². The third-order valence-electron chi connectivity index (χ3n) is 20.0. The highest BCUT2D eigenvalue weighted by molar-refractivity contribution is 7.99. The van der Waals surface area contributed by atoms with Gasteiger partial charge in [-0.05, 0) is 252 Å². The maximum atomic E-state index is 12.1. The molecule has 7 N–H and O–H groups in total. The Morgan fingerprint density at radius 1 is 0.406 bits per heavy atom. The standard InChI is InChI=1S/C27H33N7OS2.C26H31N7OS2.C23H27N7OS2.7H2/c1-18-17-28-26(36-18)30-23-16-24(34-14-10-21(11-15-34)33-12-2-3-13-33)32-27(31-23)37-22-8-6-20(7-9-22)29-25(35)19-4-5-19;1-17-15-27-25(35-17)29-22-14-23(33-13-10-20(16-33)32-11-2-3-12-32)31-26(30-22)36-21-8-6-19(7-9-21)28-24(34)18-4-5-18;1-14-12-25-22(32-14)27-19-11-20(30-10-9-17(13-30)24-2)29-23(28-19)33-18-7-5-16(6-8-18)26-21(31)15-3-4-15;;;;;;;/h6-9,16-17,19,21H,2-5,10-15H2,1H3,(H,29,35)(H,28,30,31,32);6-9,14-15,18,20H,2-5,10-13,16H2,1H3,(H,28,34)(H,27,29,30,31);5-8,11-12,15,17,24H,3-4,9-10,13H2,1-2H3,(H,26,31)(H,25,27,28,29);7*1H/t;20-;17-;;;;;;;/m.11......./s1. The molecule has 0 bridgehead atoms. The molecule has 0 spiro atoms. The first-order valence-electron chi connectivity index (χ1n) is 37.2. The first kappa shape index (κ1) is 73.4. The Hall–Kier alpha value is -8.07. The number of rotatable bonds is 24. The van der Waals surface area contributed by atoms with E-state index in [4.69, 9.17) is 29.9 Å². The van der Waals surface area contributed by atoms with E-state index in [-0.39, 0.29) is 45.5 Å². The summed E-state index contributed by atoms with van der Waals surface area (Å²) in [6, 6.07) is 31.6. The van der Waals surface area contributed by atoms with Gasteiger partial charge in [0, 0.05) is 168 Å². The summed E-state index contributed by atoms with van der Waals surface area (Å²) in [5.41, 5.74) is 2.48. The molecule has 106 heavy (non-hydrogen) atoms. The van der Waals surface area contributed by atoms with Crippen LogP contribution in [0, 0.1) is 38.5 Å². The minimum Gasteiger partial charge on any atom is -0.356 e. The van der Waals surface area contributed by atoms with Crippen molar-refractivity contribution in [2.45, 2.75) is 159 Å². The normalized spacial score (nSPS) is 19.0. The summed E-state index contributed by atoms with van der Waals surface area (Å²) >= 11 is 9.41. The van der Waals surface area contributed by atoms with E-state index in [0.717, 1.165) is 181 Å². The van der Waals surface area contributed by atoms with Gasteiger partial charge in [0.25, 0.3) is 0 Å². The lowest BCUT2D eigenvalue weighted by molar-refractivity contribution is -0.118. The molecule has 8 fully saturated rings. The summed E-state index contributed by atoms with van der Waals surface area (Å²) < 4.78 is 0. The number of hydrogen-bond donors (Lipinski definition) is 7. The number of nitrogens with zero attached hydrogens (tertiary/aromatic N) is 14. The third-order valence-corrected chi connectivity index (χ3v) is 25.1. The van der Waals surface area contributed by atoms with Crippen LogP contribution in [0.4, 0.5) is 67.4 Å². The zero-order chi connectivity index (χ0) is 72.5. The molecule has 0 unspecified atom stereocenters. The molecule has 2 atom stereocenters. The first-order chi connectivity index (χ1) is 51.7. The Kier molecular flexibility index (Phi) is 23.9. The van der Waals surface area contributed by atoms with Crippen molar-refractivity contribution < 1.29 is 24.4 Å². The van der Waals surface area contributed by atoms with Gasteiger partial charge in [-0.3, -0.25) is 19.3 Å². The van der Waals surface area contributed by atoms with Crippen molar-refractivity contribution in [2.24, 2.45) is 17.8 Å². The van der Waals surface area contributed by atoms with Gasteiger partial charge in [0.05, 0.1) is 0 Å². The molecule has 6 aromatic heterocycles. The highest BCUT2D eigenvalue weighted by Gasteiger charge is 2.34. The van der Waals surface area contributed by atoms with E-state index in [0.29, 0.717) is 33.6 Å².